The minimum Gasteiger partial charge on any atom is -1.00 e. The van der Waals surface area contributed by atoms with Crippen LogP contribution in [0.25, 0.3) is 0 Å². The maximum absolute atomic E-state index is 2.16. The second kappa shape index (κ2) is 14.0. The summed E-state index contributed by atoms with van der Waals surface area (Å²) < 4.78 is 1.56. The summed E-state index contributed by atoms with van der Waals surface area (Å²) in [5, 5.41) is 0. The van der Waals surface area contributed by atoms with E-state index in [1.807, 2.05) is 12.1 Å². The first-order valence-electron chi connectivity index (χ1n) is 6.24. The molecule has 0 atom stereocenters. The van der Waals surface area contributed by atoms with Crippen LogP contribution in [0.2, 0.25) is 0 Å². The third kappa shape index (κ3) is 13.0. The van der Waals surface area contributed by atoms with Gasteiger partial charge in [-0.3, -0.25) is 0 Å². The standard InChI is InChI=1S/C8H11.C6H7.C3H6.2ClH.Hf/c1-6-4-5-7(2)8(6)3;1-6-4-2-3-5-6;1-3-2;;;/h4-5H,1-3H3;2-5H,1H3;1-2H3;2*1H;/q2*-1;;;;+2/p-2. The summed E-state index contributed by atoms with van der Waals surface area (Å²) >= 11 is 1.27. The molecule has 0 amide bonds. The average molecular weight is 478 g/mol. The zero-order valence-electron chi connectivity index (χ0n) is 13.2. The topological polar surface area (TPSA) is 0 Å². The number of halogens is 2. The normalized spacial score (nSPS) is 8.00. The molecule has 0 fully saturated rings. The van der Waals surface area contributed by atoms with Crippen molar-refractivity contribution in [3.8, 4) is 0 Å². The van der Waals surface area contributed by atoms with Crippen LogP contribution in [0, 0.1) is 27.7 Å². The average Bonchev–Trinajstić information content (AvgIpc) is 2.84. The molecule has 20 heavy (non-hydrogen) atoms. The van der Waals surface area contributed by atoms with E-state index in [1.165, 1.54) is 46.1 Å². The van der Waals surface area contributed by atoms with Crippen LogP contribution in [-0.4, -0.2) is 3.26 Å². The van der Waals surface area contributed by atoms with Gasteiger partial charge in [0.2, 0.25) is 0 Å². The zero-order chi connectivity index (χ0) is 14.1. The number of aryl methyl sites for hydroxylation is 3. The van der Waals surface area contributed by atoms with Crippen LogP contribution in [0.5, 0.6) is 0 Å². The second-order valence-corrected chi connectivity index (χ2v) is 8.38. The second-order valence-electron chi connectivity index (χ2n) is 4.79. The van der Waals surface area contributed by atoms with Gasteiger partial charge in [-0.05, 0) is 0 Å². The smallest absolute Gasteiger partial charge is 0.0632 e. The van der Waals surface area contributed by atoms with E-state index in [0.717, 1.165) is 0 Å². The Morgan fingerprint density at radius 1 is 1.00 bits per heavy atom. The Morgan fingerprint density at radius 2 is 1.50 bits per heavy atom. The van der Waals surface area contributed by atoms with Gasteiger partial charge in [0.1, 0.15) is 0 Å². The van der Waals surface area contributed by atoms with Gasteiger partial charge in [0.15, 0.2) is 0 Å². The summed E-state index contributed by atoms with van der Waals surface area (Å²) in [5.74, 6) is 0. The molecule has 0 aromatic heterocycles. The molecule has 2 rings (SSSR count). The maximum atomic E-state index is 2.16. The molecule has 0 saturated carbocycles. The van der Waals surface area contributed by atoms with Gasteiger partial charge in [0.05, 0.1) is 0 Å². The van der Waals surface area contributed by atoms with Crippen LogP contribution in [-0.2, 0) is 23.9 Å². The SMILES string of the molecule is C[C](C)=[Hf+2].Cc1c[cH-]c(C)c1C.Cc1cc[cH-]c1.[Cl-].[Cl-]. The first-order chi connectivity index (χ1) is 8.34. The molecule has 0 bridgehead atoms. The Hall–Kier alpha value is 0.0201. The minimum atomic E-state index is 0. The Bertz CT molecular complexity index is 430. The van der Waals surface area contributed by atoms with Gasteiger partial charge in [0, 0.05) is 0 Å². The number of rotatable bonds is 0. The molecular weight excluding hydrogens is 454 g/mol. The third-order valence-corrected chi connectivity index (χ3v) is 2.60. The fourth-order valence-corrected chi connectivity index (χ4v) is 1.28. The summed E-state index contributed by atoms with van der Waals surface area (Å²) in [7, 11) is 0. The van der Waals surface area contributed by atoms with E-state index in [4.69, 9.17) is 0 Å². The molecule has 0 spiro atoms. The minimum absolute atomic E-state index is 0. The molecule has 112 valence electrons. The molecule has 0 nitrogen and oxygen atoms in total. The van der Waals surface area contributed by atoms with Crippen LogP contribution >= 0.6 is 0 Å². The van der Waals surface area contributed by atoms with Gasteiger partial charge < -0.3 is 24.8 Å². The van der Waals surface area contributed by atoms with Gasteiger partial charge in [-0.25, -0.2) is 11.6 Å². The summed E-state index contributed by atoms with van der Waals surface area (Å²) in [5.41, 5.74) is 5.59. The van der Waals surface area contributed by atoms with Gasteiger partial charge in [-0.2, -0.15) is 47.0 Å². The van der Waals surface area contributed by atoms with Crippen molar-refractivity contribution < 1.29 is 48.7 Å². The summed E-state index contributed by atoms with van der Waals surface area (Å²) in [6.45, 7) is 12.8. The van der Waals surface area contributed by atoms with Gasteiger partial charge >= 0.3 is 41.0 Å². The molecule has 0 aliphatic rings. The summed E-state index contributed by atoms with van der Waals surface area (Å²) in [4.78, 5) is 0. The van der Waals surface area contributed by atoms with Crippen LogP contribution in [0.15, 0.2) is 36.4 Å². The van der Waals surface area contributed by atoms with Crippen molar-refractivity contribution in [3.63, 3.8) is 0 Å². The molecule has 2 aromatic rings. The monoisotopic (exact) mass is 478 g/mol. The van der Waals surface area contributed by atoms with Gasteiger partial charge in [0.25, 0.3) is 0 Å². The van der Waals surface area contributed by atoms with Crippen molar-refractivity contribution >= 4 is 3.26 Å². The molecule has 0 saturated heterocycles. The molecule has 0 aliphatic carbocycles. The Morgan fingerprint density at radius 3 is 1.60 bits per heavy atom. The molecule has 0 unspecified atom stereocenters. The predicted molar refractivity (Wildman–Crippen MR) is 79.4 cm³/mol. The van der Waals surface area contributed by atoms with Gasteiger partial charge in [-0.15, -0.1) is 0 Å². The number of hydrogen-bond donors (Lipinski definition) is 0. The van der Waals surface area contributed by atoms with Crippen LogP contribution in [0.1, 0.15) is 36.1 Å². The zero-order valence-corrected chi connectivity index (χ0v) is 18.3. The molecule has 0 N–H and O–H groups in total. The first-order valence-corrected chi connectivity index (χ1v) is 8.03. The van der Waals surface area contributed by atoms with E-state index in [9.17, 15) is 0 Å². The van der Waals surface area contributed by atoms with Crippen molar-refractivity contribution in [3.05, 3.63) is 58.7 Å². The van der Waals surface area contributed by atoms with Crippen LogP contribution in [0.4, 0.5) is 0 Å². The van der Waals surface area contributed by atoms with E-state index >= 15 is 0 Å². The van der Waals surface area contributed by atoms with E-state index in [-0.39, 0.29) is 24.8 Å². The predicted octanol–water partition coefficient (Wildman–Crippen LogP) is -1.20. The van der Waals surface area contributed by atoms with Crippen molar-refractivity contribution in [1.82, 2.24) is 0 Å². The largest absolute Gasteiger partial charge is 1.00 e. The molecule has 2 aromatic carbocycles. The van der Waals surface area contributed by atoms with E-state index in [0.29, 0.717) is 0 Å². The Balaban J connectivity index is -0.000000218. The molecule has 3 heteroatoms. The fraction of sp³-hybridized carbons (Fsp3) is 0.353. The van der Waals surface area contributed by atoms with E-state index in [2.05, 4.69) is 65.8 Å². The van der Waals surface area contributed by atoms with E-state index < -0.39 is 0 Å². The quantitative estimate of drug-likeness (QED) is 0.330. The first kappa shape index (κ1) is 25.0. The third-order valence-electron chi connectivity index (χ3n) is 2.60. The van der Waals surface area contributed by atoms with Crippen molar-refractivity contribution in [2.24, 2.45) is 0 Å². The number of hydrogen-bond acceptors (Lipinski definition) is 0. The molecular formula is C17H24Cl2Hf-2. The van der Waals surface area contributed by atoms with Crippen molar-refractivity contribution in [2.45, 2.75) is 41.5 Å². The molecule has 0 radical (unpaired) electrons. The van der Waals surface area contributed by atoms with Gasteiger partial charge in [-0.1, -0.05) is 27.7 Å². The van der Waals surface area contributed by atoms with Crippen molar-refractivity contribution in [2.75, 3.05) is 0 Å². The fourth-order valence-electron chi connectivity index (χ4n) is 1.28. The summed E-state index contributed by atoms with van der Waals surface area (Å²) in [6.07, 6.45) is 0. The van der Waals surface area contributed by atoms with Crippen molar-refractivity contribution in [1.29, 1.82) is 0 Å². The molecule has 0 aliphatic heterocycles. The maximum Gasteiger partial charge on any atom is -0.0632 e. The Labute approximate surface area is 151 Å². The van der Waals surface area contributed by atoms with Crippen LogP contribution in [0.3, 0.4) is 0 Å². The summed E-state index contributed by atoms with van der Waals surface area (Å²) in [6, 6.07) is 12.6. The van der Waals surface area contributed by atoms with E-state index in [1.54, 1.807) is 3.26 Å². The molecule has 0 heterocycles. The Kier molecular flexibility index (Phi) is 17.5. The van der Waals surface area contributed by atoms with Crippen LogP contribution < -0.4 is 24.8 Å².